The number of thioether (sulfide) groups is 1. The fourth-order valence-corrected chi connectivity index (χ4v) is 3.55. The fraction of sp³-hybridized carbons (Fsp3) is 0.923. The Morgan fingerprint density at radius 3 is 2.69 bits per heavy atom. The highest BCUT2D eigenvalue weighted by molar-refractivity contribution is 7.99. The van der Waals surface area contributed by atoms with E-state index in [9.17, 15) is 0 Å². The van der Waals surface area contributed by atoms with E-state index in [1.807, 2.05) is 0 Å². The predicted molar refractivity (Wildman–Crippen MR) is 72.9 cm³/mol. The van der Waals surface area contributed by atoms with E-state index < -0.39 is 0 Å². The topological polar surface area (TPSA) is 15.3 Å². The van der Waals surface area contributed by atoms with Crippen molar-refractivity contribution in [2.75, 3.05) is 44.2 Å². The van der Waals surface area contributed by atoms with Crippen LogP contribution in [0.15, 0.2) is 0 Å². The Morgan fingerprint density at radius 1 is 1.19 bits per heavy atom. The van der Waals surface area contributed by atoms with Crippen molar-refractivity contribution < 1.29 is 0 Å². The van der Waals surface area contributed by atoms with E-state index in [0.717, 1.165) is 5.92 Å². The van der Waals surface area contributed by atoms with Crippen LogP contribution >= 0.6 is 11.8 Å². The van der Waals surface area contributed by atoms with Gasteiger partial charge in [0, 0.05) is 24.6 Å². The number of unbranched alkanes of at least 4 members (excludes halogenated alkanes) is 1. The number of hydrogen-bond donors (Lipinski definition) is 1. The van der Waals surface area contributed by atoms with Crippen molar-refractivity contribution >= 4 is 11.8 Å². The van der Waals surface area contributed by atoms with E-state index in [4.69, 9.17) is 0 Å². The van der Waals surface area contributed by atoms with Gasteiger partial charge in [-0.1, -0.05) is 0 Å². The first-order valence-corrected chi connectivity index (χ1v) is 7.95. The molecule has 3 heteroatoms. The second-order valence-corrected chi connectivity index (χ2v) is 6.14. The molecule has 0 aromatic rings. The first-order chi connectivity index (χ1) is 7.95. The van der Waals surface area contributed by atoms with Crippen molar-refractivity contribution in [1.29, 1.82) is 0 Å². The lowest BCUT2D eigenvalue weighted by Gasteiger charge is -2.26. The Balaban J connectivity index is 1.47. The minimum absolute atomic E-state index is 0.901. The summed E-state index contributed by atoms with van der Waals surface area (Å²) in [6.45, 7) is 6.41. The van der Waals surface area contributed by atoms with Crippen molar-refractivity contribution in [3.63, 3.8) is 0 Å². The molecule has 2 aliphatic rings. The summed E-state index contributed by atoms with van der Waals surface area (Å²) in [6, 6.07) is 0. The van der Waals surface area contributed by atoms with Crippen LogP contribution < -0.4 is 5.32 Å². The third kappa shape index (κ3) is 4.64. The standard InChI is InChI=1S/C13H25N2S/c1(3-13-4-6-14-7-5-13)2-8-15-9-11-16-12-10-15/h3,13-14H,1-2,4-12H2. The molecule has 0 saturated carbocycles. The van der Waals surface area contributed by atoms with Crippen molar-refractivity contribution in [2.24, 2.45) is 5.92 Å². The molecule has 2 aliphatic heterocycles. The summed E-state index contributed by atoms with van der Waals surface area (Å²) in [5.41, 5.74) is 0. The summed E-state index contributed by atoms with van der Waals surface area (Å²) in [4.78, 5) is 2.63. The molecule has 0 bridgehead atoms. The van der Waals surface area contributed by atoms with Gasteiger partial charge in [-0.25, -0.2) is 0 Å². The van der Waals surface area contributed by atoms with Gasteiger partial charge in [0.2, 0.25) is 0 Å². The molecule has 0 aromatic carbocycles. The number of hydrogen-bond acceptors (Lipinski definition) is 3. The maximum absolute atomic E-state index is 3.43. The van der Waals surface area contributed by atoms with Gasteiger partial charge < -0.3 is 10.2 Å². The average Bonchev–Trinajstić information content (AvgIpc) is 2.37. The molecule has 1 N–H and O–H groups in total. The highest BCUT2D eigenvalue weighted by Gasteiger charge is 2.13. The zero-order valence-electron chi connectivity index (χ0n) is 10.3. The summed E-state index contributed by atoms with van der Waals surface area (Å²) in [6.07, 6.45) is 8.00. The van der Waals surface area contributed by atoms with Crippen LogP contribution in [0.2, 0.25) is 0 Å². The van der Waals surface area contributed by atoms with E-state index >= 15 is 0 Å². The SMILES string of the molecule is [CH](CCCN1CCSCC1)C1CCNCC1. The quantitative estimate of drug-likeness (QED) is 0.741. The number of nitrogens with zero attached hydrogens (tertiary/aromatic N) is 1. The molecular formula is C13H25N2S. The summed E-state index contributed by atoms with van der Waals surface area (Å²) in [5, 5.41) is 3.43. The molecule has 0 atom stereocenters. The van der Waals surface area contributed by atoms with Crippen LogP contribution in [0.5, 0.6) is 0 Å². The molecule has 0 amide bonds. The Morgan fingerprint density at radius 2 is 1.94 bits per heavy atom. The van der Waals surface area contributed by atoms with Gasteiger partial charge in [-0.2, -0.15) is 11.8 Å². The van der Waals surface area contributed by atoms with Crippen LogP contribution in [-0.2, 0) is 0 Å². The molecule has 0 spiro atoms. The first kappa shape index (κ1) is 12.7. The van der Waals surface area contributed by atoms with E-state index in [2.05, 4.69) is 28.4 Å². The molecule has 16 heavy (non-hydrogen) atoms. The summed E-state index contributed by atoms with van der Waals surface area (Å²) < 4.78 is 0. The maximum Gasteiger partial charge on any atom is 0.00727 e. The van der Waals surface area contributed by atoms with Crippen LogP contribution in [0.1, 0.15) is 25.7 Å². The molecule has 0 aromatic heterocycles. The smallest absolute Gasteiger partial charge is 0.00727 e. The Kier molecular flexibility index (Phi) is 6.02. The van der Waals surface area contributed by atoms with Gasteiger partial charge in [-0.3, -0.25) is 0 Å². The summed E-state index contributed by atoms with van der Waals surface area (Å²) in [5.74, 6) is 3.59. The van der Waals surface area contributed by atoms with Crippen molar-refractivity contribution in [3.8, 4) is 0 Å². The number of rotatable bonds is 5. The second-order valence-electron chi connectivity index (χ2n) is 4.92. The molecule has 93 valence electrons. The van der Waals surface area contributed by atoms with Crippen molar-refractivity contribution in [3.05, 3.63) is 6.42 Å². The fourth-order valence-electron chi connectivity index (χ4n) is 2.57. The van der Waals surface area contributed by atoms with E-state index in [-0.39, 0.29) is 0 Å². The van der Waals surface area contributed by atoms with Gasteiger partial charge in [0.1, 0.15) is 0 Å². The molecule has 2 saturated heterocycles. The summed E-state index contributed by atoms with van der Waals surface area (Å²) >= 11 is 2.10. The zero-order chi connectivity index (χ0) is 11.1. The molecule has 2 nitrogen and oxygen atoms in total. The van der Waals surface area contributed by atoms with Crippen LogP contribution in [0.4, 0.5) is 0 Å². The van der Waals surface area contributed by atoms with E-state index in [1.54, 1.807) is 0 Å². The molecule has 1 radical (unpaired) electrons. The van der Waals surface area contributed by atoms with Crippen molar-refractivity contribution in [2.45, 2.75) is 25.7 Å². The molecule has 2 fully saturated rings. The highest BCUT2D eigenvalue weighted by Crippen LogP contribution is 2.18. The third-order valence-corrected chi connectivity index (χ3v) is 4.61. The molecule has 2 rings (SSSR count). The largest absolute Gasteiger partial charge is 0.317 e. The summed E-state index contributed by atoms with van der Waals surface area (Å²) in [7, 11) is 0. The van der Waals surface area contributed by atoms with Gasteiger partial charge in [-0.05, 0) is 57.7 Å². The van der Waals surface area contributed by atoms with Crippen molar-refractivity contribution in [1.82, 2.24) is 10.2 Å². The van der Waals surface area contributed by atoms with E-state index in [0.29, 0.717) is 0 Å². The molecular weight excluding hydrogens is 216 g/mol. The molecule has 0 unspecified atom stereocenters. The molecule has 0 aliphatic carbocycles. The monoisotopic (exact) mass is 241 g/mol. The predicted octanol–water partition coefficient (Wildman–Crippen LogP) is 2.02. The lowest BCUT2D eigenvalue weighted by molar-refractivity contribution is 0.295. The van der Waals surface area contributed by atoms with Gasteiger partial charge in [-0.15, -0.1) is 0 Å². The van der Waals surface area contributed by atoms with Gasteiger partial charge in [0.05, 0.1) is 0 Å². The van der Waals surface area contributed by atoms with Crippen LogP contribution in [0.3, 0.4) is 0 Å². The van der Waals surface area contributed by atoms with E-state index in [1.165, 1.54) is 69.9 Å². The zero-order valence-corrected chi connectivity index (χ0v) is 11.1. The highest BCUT2D eigenvalue weighted by atomic mass is 32.2. The lowest BCUT2D eigenvalue weighted by Crippen LogP contribution is -2.33. The van der Waals surface area contributed by atoms with Crippen LogP contribution in [0.25, 0.3) is 0 Å². The Bertz CT molecular complexity index is 155. The normalized spacial score (nSPS) is 24.8. The average molecular weight is 241 g/mol. The maximum atomic E-state index is 3.43. The van der Waals surface area contributed by atoms with Gasteiger partial charge in [0.15, 0.2) is 0 Å². The number of nitrogens with one attached hydrogen (secondary N) is 1. The van der Waals surface area contributed by atoms with Crippen LogP contribution in [0, 0.1) is 12.3 Å². The minimum Gasteiger partial charge on any atom is -0.317 e. The number of piperidine rings is 1. The van der Waals surface area contributed by atoms with Crippen LogP contribution in [-0.4, -0.2) is 49.1 Å². The molecule has 2 heterocycles. The second kappa shape index (κ2) is 7.57. The Hall–Kier alpha value is 0.270. The van der Waals surface area contributed by atoms with Gasteiger partial charge in [0.25, 0.3) is 0 Å². The minimum atomic E-state index is 0.901. The van der Waals surface area contributed by atoms with Gasteiger partial charge >= 0.3 is 0 Å². The Labute approximate surface area is 105 Å². The first-order valence-electron chi connectivity index (χ1n) is 6.79. The lowest BCUT2D eigenvalue weighted by atomic mass is 9.92. The third-order valence-electron chi connectivity index (χ3n) is 3.67.